The van der Waals surface area contributed by atoms with Gasteiger partial charge < -0.3 is 25.3 Å². The van der Waals surface area contributed by atoms with E-state index >= 15 is 0 Å². The van der Waals surface area contributed by atoms with E-state index in [1.54, 1.807) is 12.1 Å². The number of nitrogens with zero attached hydrogens (tertiary/aromatic N) is 1. The number of nitrogens with two attached hydrogens (primary N) is 1. The van der Waals surface area contributed by atoms with Crippen molar-refractivity contribution in [1.29, 1.82) is 0 Å². The molecule has 0 saturated carbocycles. The van der Waals surface area contributed by atoms with E-state index in [1.807, 2.05) is 6.92 Å². The lowest BCUT2D eigenvalue weighted by molar-refractivity contribution is -0.274. The highest BCUT2D eigenvalue weighted by atomic mass is 127. The topological polar surface area (TPSA) is 78.1 Å². The lowest BCUT2D eigenvalue weighted by Crippen LogP contribution is -2.24. The Bertz CT molecular complexity index is 851. The molecule has 29 heavy (non-hydrogen) atoms. The van der Waals surface area contributed by atoms with Gasteiger partial charge in [0.2, 0.25) is 0 Å². The highest BCUT2D eigenvalue weighted by molar-refractivity contribution is 14.0. The van der Waals surface area contributed by atoms with Gasteiger partial charge >= 0.3 is 6.36 Å². The van der Waals surface area contributed by atoms with Crippen LogP contribution < -0.4 is 25.3 Å². The highest BCUT2D eigenvalue weighted by Gasteiger charge is 2.32. The van der Waals surface area contributed by atoms with Crippen molar-refractivity contribution in [1.82, 2.24) is 0 Å². The second-order valence-electron chi connectivity index (χ2n) is 5.41. The Morgan fingerprint density at radius 2 is 1.90 bits per heavy atom. The zero-order valence-electron chi connectivity index (χ0n) is 15.5. The number of ether oxygens (including phenoxy) is 3. The molecule has 160 valence electrons. The van der Waals surface area contributed by atoms with Crippen LogP contribution in [0.2, 0.25) is 5.02 Å². The van der Waals surface area contributed by atoms with Crippen LogP contribution in [0.3, 0.4) is 0 Å². The molecule has 0 bridgehead atoms. The van der Waals surface area contributed by atoms with Crippen LogP contribution in [0.5, 0.6) is 17.2 Å². The van der Waals surface area contributed by atoms with Crippen molar-refractivity contribution in [3.63, 3.8) is 0 Å². The molecule has 6 nitrogen and oxygen atoms in total. The van der Waals surface area contributed by atoms with E-state index in [1.165, 1.54) is 31.4 Å². The van der Waals surface area contributed by atoms with Gasteiger partial charge in [0.1, 0.15) is 0 Å². The average molecular weight is 546 g/mol. The molecule has 0 aliphatic carbocycles. The van der Waals surface area contributed by atoms with Crippen LogP contribution in [-0.2, 0) is 6.54 Å². The summed E-state index contributed by atoms with van der Waals surface area (Å²) in [5.74, 6) is 0.347. The van der Waals surface area contributed by atoms with Crippen molar-refractivity contribution in [2.75, 3.05) is 19.0 Å². The van der Waals surface area contributed by atoms with Gasteiger partial charge in [0.25, 0.3) is 0 Å². The molecule has 2 rings (SSSR count). The largest absolute Gasteiger partial charge is 0.573 e. The highest BCUT2D eigenvalue weighted by Crippen LogP contribution is 2.36. The van der Waals surface area contributed by atoms with E-state index in [0.29, 0.717) is 28.7 Å². The standard InChI is InChI=1S/C18H19ClF3N3O3.HI/c1-3-27-16-12(19)8-11(9-15(16)26-2)10-24-17(23)25-13-6-4-5-7-14(13)28-18(20,21)22;/h4-9H,3,10H2,1-2H3,(H3,23,24,25);1H. The maximum atomic E-state index is 12.5. The van der Waals surface area contributed by atoms with Crippen molar-refractivity contribution in [3.8, 4) is 17.2 Å². The number of methoxy groups -OCH3 is 1. The van der Waals surface area contributed by atoms with Crippen LogP contribution in [0, 0.1) is 0 Å². The molecule has 2 aromatic carbocycles. The number of para-hydroxylation sites is 2. The molecule has 0 aliphatic rings. The van der Waals surface area contributed by atoms with Crippen molar-refractivity contribution in [3.05, 3.63) is 47.0 Å². The molecular weight excluding hydrogens is 526 g/mol. The van der Waals surface area contributed by atoms with E-state index in [2.05, 4.69) is 15.0 Å². The van der Waals surface area contributed by atoms with E-state index in [0.717, 1.165) is 0 Å². The molecule has 0 unspecified atom stereocenters. The van der Waals surface area contributed by atoms with Crippen molar-refractivity contribution in [2.24, 2.45) is 10.7 Å². The van der Waals surface area contributed by atoms with E-state index in [9.17, 15) is 13.2 Å². The zero-order valence-corrected chi connectivity index (χ0v) is 18.6. The first kappa shape index (κ1) is 25.0. The van der Waals surface area contributed by atoms with Crippen LogP contribution in [0.25, 0.3) is 0 Å². The monoisotopic (exact) mass is 545 g/mol. The molecule has 0 radical (unpaired) electrons. The SMILES string of the molecule is CCOc1c(Cl)cc(CN=C(N)Nc2ccccc2OC(F)(F)F)cc1OC.I. The molecule has 0 spiro atoms. The number of guanidine groups is 1. The van der Waals surface area contributed by atoms with Crippen molar-refractivity contribution < 1.29 is 27.4 Å². The minimum atomic E-state index is -4.82. The fraction of sp³-hybridized carbons (Fsp3) is 0.278. The average Bonchev–Trinajstić information content (AvgIpc) is 2.62. The van der Waals surface area contributed by atoms with Crippen LogP contribution in [0.4, 0.5) is 18.9 Å². The first-order chi connectivity index (χ1) is 13.2. The number of halogens is 5. The first-order valence-corrected chi connectivity index (χ1v) is 8.52. The Labute approximate surface area is 188 Å². The molecule has 0 aromatic heterocycles. The Hall–Kier alpha value is -2.08. The van der Waals surface area contributed by atoms with Gasteiger partial charge in [-0.05, 0) is 36.8 Å². The Kier molecular flexibility index (Phi) is 9.63. The summed E-state index contributed by atoms with van der Waals surface area (Å²) in [6.45, 7) is 2.36. The maximum Gasteiger partial charge on any atom is 0.573 e. The minimum absolute atomic E-state index is 0. The van der Waals surface area contributed by atoms with Crippen LogP contribution >= 0.6 is 35.6 Å². The van der Waals surface area contributed by atoms with Crippen molar-refractivity contribution >= 4 is 47.2 Å². The van der Waals surface area contributed by atoms with Gasteiger partial charge in [0.15, 0.2) is 23.2 Å². The Morgan fingerprint density at radius 1 is 1.21 bits per heavy atom. The summed E-state index contributed by atoms with van der Waals surface area (Å²) < 4.78 is 52.1. The molecule has 3 N–H and O–H groups in total. The second kappa shape index (κ2) is 11.2. The molecule has 11 heteroatoms. The molecule has 0 fully saturated rings. The summed E-state index contributed by atoms with van der Waals surface area (Å²) in [6.07, 6.45) is -4.82. The fourth-order valence-corrected chi connectivity index (χ4v) is 2.57. The number of anilines is 1. The lowest BCUT2D eigenvalue weighted by Gasteiger charge is -2.14. The third-order valence-corrected chi connectivity index (χ3v) is 3.67. The summed E-state index contributed by atoms with van der Waals surface area (Å²) in [5, 5.41) is 2.94. The van der Waals surface area contributed by atoms with E-state index in [4.69, 9.17) is 26.8 Å². The Morgan fingerprint density at radius 3 is 2.52 bits per heavy atom. The molecule has 0 heterocycles. The molecule has 0 amide bonds. The minimum Gasteiger partial charge on any atom is -0.493 e. The number of hydrogen-bond acceptors (Lipinski definition) is 4. The lowest BCUT2D eigenvalue weighted by atomic mass is 10.2. The third kappa shape index (κ3) is 7.69. The van der Waals surface area contributed by atoms with Gasteiger partial charge in [-0.15, -0.1) is 37.1 Å². The van der Waals surface area contributed by atoms with Crippen LogP contribution in [-0.4, -0.2) is 26.0 Å². The number of rotatable bonds is 7. The summed E-state index contributed by atoms with van der Waals surface area (Å²) in [6, 6.07) is 8.84. The van der Waals surface area contributed by atoms with Gasteiger partial charge in [0.05, 0.1) is 31.0 Å². The number of hydrogen-bond donors (Lipinski definition) is 2. The molecule has 0 saturated heterocycles. The second-order valence-corrected chi connectivity index (χ2v) is 5.82. The number of benzene rings is 2. The zero-order chi connectivity index (χ0) is 20.7. The molecule has 2 aromatic rings. The van der Waals surface area contributed by atoms with Gasteiger partial charge in [-0.2, -0.15) is 0 Å². The Balaban J connectivity index is 0.00000420. The van der Waals surface area contributed by atoms with Gasteiger partial charge in [-0.25, -0.2) is 4.99 Å². The third-order valence-electron chi connectivity index (χ3n) is 3.39. The van der Waals surface area contributed by atoms with Crippen LogP contribution in [0.1, 0.15) is 12.5 Å². The molecule has 0 aliphatic heterocycles. The van der Waals surface area contributed by atoms with Crippen molar-refractivity contribution in [2.45, 2.75) is 19.8 Å². The van der Waals surface area contributed by atoms with E-state index in [-0.39, 0.29) is 42.2 Å². The summed E-state index contributed by atoms with van der Waals surface area (Å²) in [7, 11) is 1.48. The number of nitrogens with one attached hydrogen (secondary N) is 1. The number of alkyl halides is 3. The molecule has 0 atom stereocenters. The smallest absolute Gasteiger partial charge is 0.493 e. The summed E-state index contributed by atoms with van der Waals surface area (Å²) >= 11 is 6.20. The quantitative estimate of drug-likeness (QED) is 0.284. The first-order valence-electron chi connectivity index (χ1n) is 8.14. The fourth-order valence-electron chi connectivity index (χ4n) is 2.29. The number of aliphatic imine (C=N–C) groups is 1. The normalized spacial score (nSPS) is 11.4. The summed E-state index contributed by atoms with van der Waals surface area (Å²) in [4.78, 5) is 4.11. The van der Waals surface area contributed by atoms with Gasteiger partial charge in [-0.3, -0.25) is 0 Å². The predicted molar refractivity (Wildman–Crippen MR) is 117 cm³/mol. The van der Waals surface area contributed by atoms with Gasteiger partial charge in [0, 0.05) is 0 Å². The van der Waals surface area contributed by atoms with Gasteiger partial charge in [-0.1, -0.05) is 23.7 Å². The maximum absolute atomic E-state index is 12.5. The van der Waals surface area contributed by atoms with E-state index < -0.39 is 12.1 Å². The van der Waals surface area contributed by atoms with Crippen LogP contribution in [0.15, 0.2) is 41.4 Å². The summed E-state index contributed by atoms with van der Waals surface area (Å²) in [5.41, 5.74) is 6.49. The predicted octanol–water partition coefficient (Wildman–Crippen LogP) is 5.19. The molecular formula is C18H20ClF3IN3O3.